The van der Waals surface area contributed by atoms with Gasteiger partial charge in [-0.1, -0.05) is 36.8 Å². The van der Waals surface area contributed by atoms with E-state index >= 15 is 0 Å². The van der Waals surface area contributed by atoms with Gasteiger partial charge in [0.05, 0.1) is 19.2 Å². The van der Waals surface area contributed by atoms with Crippen LogP contribution in [0, 0.1) is 0 Å². The second-order valence-corrected chi connectivity index (χ2v) is 8.17. The normalized spacial score (nSPS) is 25.2. The van der Waals surface area contributed by atoms with Crippen molar-refractivity contribution in [2.45, 2.75) is 57.5 Å². The Morgan fingerprint density at radius 1 is 1.22 bits per heavy atom. The van der Waals surface area contributed by atoms with E-state index in [1.165, 1.54) is 25.7 Å². The van der Waals surface area contributed by atoms with Crippen LogP contribution in [0.15, 0.2) is 0 Å². The number of thiocarbonyl (C=S) groups is 1. The van der Waals surface area contributed by atoms with Crippen molar-refractivity contribution in [3.8, 4) is 0 Å². The second-order valence-electron chi connectivity index (χ2n) is 6.59. The topological polar surface area (TPSA) is 36.0 Å². The molecule has 0 aromatic heterocycles. The van der Waals surface area contributed by atoms with Crippen LogP contribution < -0.4 is 0 Å². The minimum atomic E-state index is -0.172. The standard InChI is InChI=1S/C16H27N3O2S2/c1-2-21-15(20)17-9-7-14(8-10-17)19-11-18(12-23-16(19)22)13-5-3-4-6-13/h13-14H,2-12H2,1H3. The number of carbonyl (C=O) groups is 1. The molecule has 0 aromatic rings. The lowest BCUT2D eigenvalue weighted by molar-refractivity contribution is 0.0728. The van der Waals surface area contributed by atoms with Crippen LogP contribution in [0.5, 0.6) is 0 Å². The second kappa shape index (κ2) is 8.03. The van der Waals surface area contributed by atoms with Crippen LogP contribution in [0.1, 0.15) is 45.4 Å². The Balaban J connectivity index is 1.53. The van der Waals surface area contributed by atoms with Gasteiger partial charge in [-0.2, -0.15) is 0 Å². The smallest absolute Gasteiger partial charge is 0.409 e. The van der Waals surface area contributed by atoms with Gasteiger partial charge in [0.1, 0.15) is 4.32 Å². The lowest BCUT2D eigenvalue weighted by atomic mass is 10.0. The van der Waals surface area contributed by atoms with Crippen molar-refractivity contribution in [1.82, 2.24) is 14.7 Å². The Kier molecular flexibility index (Phi) is 6.04. The summed E-state index contributed by atoms with van der Waals surface area (Å²) < 4.78 is 6.14. The summed E-state index contributed by atoms with van der Waals surface area (Å²) in [5, 5.41) is 0. The molecule has 7 heteroatoms. The molecule has 0 atom stereocenters. The molecule has 2 aliphatic heterocycles. The Morgan fingerprint density at radius 2 is 1.91 bits per heavy atom. The van der Waals surface area contributed by atoms with Crippen molar-refractivity contribution in [3.63, 3.8) is 0 Å². The fourth-order valence-corrected chi connectivity index (χ4v) is 5.15. The van der Waals surface area contributed by atoms with E-state index in [1.54, 1.807) is 0 Å². The summed E-state index contributed by atoms with van der Waals surface area (Å²) in [4.78, 5) is 18.7. The van der Waals surface area contributed by atoms with Crippen molar-refractivity contribution < 1.29 is 9.53 Å². The van der Waals surface area contributed by atoms with Crippen LogP contribution in [0.2, 0.25) is 0 Å². The number of rotatable bonds is 3. The zero-order chi connectivity index (χ0) is 16.2. The lowest BCUT2D eigenvalue weighted by Crippen LogP contribution is -2.55. The monoisotopic (exact) mass is 357 g/mol. The third kappa shape index (κ3) is 4.12. The Hall–Kier alpha value is -0.530. The predicted octanol–water partition coefficient (Wildman–Crippen LogP) is 3.10. The lowest BCUT2D eigenvalue weighted by Gasteiger charge is -2.45. The van der Waals surface area contributed by atoms with Gasteiger partial charge in [-0.15, -0.1) is 0 Å². The predicted molar refractivity (Wildman–Crippen MR) is 97.5 cm³/mol. The first kappa shape index (κ1) is 17.3. The molecule has 1 aliphatic carbocycles. The molecular weight excluding hydrogens is 330 g/mol. The molecule has 0 spiro atoms. The van der Waals surface area contributed by atoms with E-state index in [0.717, 1.165) is 48.8 Å². The van der Waals surface area contributed by atoms with E-state index in [2.05, 4.69) is 9.80 Å². The van der Waals surface area contributed by atoms with Gasteiger partial charge >= 0.3 is 6.09 Å². The van der Waals surface area contributed by atoms with Crippen molar-refractivity contribution in [3.05, 3.63) is 0 Å². The molecule has 3 rings (SSSR count). The first-order chi connectivity index (χ1) is 11.2. The molecule has 23 heavy (non-hydrogen) atoms. The van der Waals surface area contributed by atoms with E-state index in [9.17, 15) is 4.79 Å². The number of likely N-dealkylation sites (tertiary alicyclic amines) is 1. The molecule has 0 radical (unpaired) electrons. The summed E-state index contributed by atoms with van der Waals surface area (Å²) in [6, 6.07) is 1.21. The van der Waals surface area contributed by atoms with Crippen molar-refractivity contribution in [2.75, 3.05) is 32.2 Å². The summed E-state index contributed by atoms with van der Waals surface area (Å²) in [5.74, 6) is 1.04. The number of piperidine rings is 1. The molecule has 2 saturated heterocycles. The summed E-state index contributed by atoms with van der Waals surface area (Å²) in [6.07, 6.45) is 7.21. The van der Waals surface area contributed by atoms with E-state index in [1.807, 2.05) is 23.6 Å². The summed E-state index contributed by atoms with van der Waals surface area (Å²) in [6.45, 7) is 4.82. The third-order valence-electron chi connectivity index (χ3n) is 5.19. The van der Waals surface area contributed by atoms with E-state index in [0.29, 0.717) is 12.6 Å². The molecule has 2 heterocycles. The molecule has 130 valence electrons. The van der Waals surface area contributed by atoms with Crippen LogP contribution in [-0.4, -0.2) is 69.4 Å². The number of ether oxygens (including phenoxy) is 1. The number of carbonyl (C=O) groups excluding carboxylic acids is 1. The van der Waals surface area contributed by atoms with Crippen molar-refractivity contribution in [2.24, 2.45) is 0 Å². The zero-order valence-electron chi connectivity index (χ0n) is 13.9. The minimum Gasteiger partial charge on any atom is -0.450 e. The van der Waals surface area contributed by atoms with E-state index in [4.69, 9.17) is 17.0 Å². The number of amides is 1. The first-order valence-electron chi connectivity index (χ1n) is 8.78. The fraction of sp³-hybridized carbons (Fsp3) is 0.875. The number of thioether (sulfide) groups is 1. The van der Waals surface area contributed by atoms with Crippen molar-refractivity contribution in [1.29, 1.82) is 0 Å². The van der Waals surface area contributed by atoms with Gasteiger partial charge in [0.2, 0.25) is 0 Å². The molecule has 5 nitrogen and oxygen atoms in total. The van der Waals surface area contributed by atoms with Crippen LogP contribution in [0.25, 0.3) is 0 Å². The molecule has 1 saturated carbocycles. The number of hydrogen-bond acceptors (Lipinski definition) is 5. The number of hydrogen-bond donors (Lipinski definition) is 0. The molecule has 0 bridgehead atoms. The van der Waals surface area contributed by atoms with Gasteiger partial charge in [-0.3, -0.25) is 4.90 Å². The zero-order valence-corrected chi connectivity index (χ0v) is 15.5. The molecule has 0 N–H and O–H groups in total. The van der Waals surface area contributed by atoms with Gasteiger partial charge in [-0.05, 0) is 32.6 Å². The van der Waals surface area contributed by atoms with Crippen LogP contribution in [0.4, 0.5) is 4.79 Å². The maximum absolute atomic E-state index is 11.8. The van der Waals surface area contributed by atoms with Crippen LogP contribution >= 0.6 is 24.0 Å². The Labute approximate surface area is 148 Å². The minimum absolute atomic E-state index is 0.172. The van der Waals surface area contributed by atoms with E-state index in [-0.39, 0.29) is 6.09 Å². The summed E-state index contributed by atoms with van der Waals surface area (Å²) >= 11 is 7.42. The largest absolute Gasteiger partial charge is 0.450 e. The average molecular weight is 358 g/mol. The van der Waals surface area contributed by atoms with Crippen LogP contribution in [-0.2, 0) is 4.74 Å². The highest BCUT2D eigenvalue weighted by Crippen LogP contribution is 2.31. The fourth-order valence-electron chi connectivity index (χ4n) is 3.85. The highest BCUT2D eigenvalue weighted by Gasteiger charge is 2.34. The maximum atomic E-state index is 11.8. The third-order valence-corrected chi connectivity index (χ3v) is 6.72. The molecule has 0 aromatic carbocycles. The molecule has 1 amide bonds. The molecule has 3 fully saturated rings. The Bertz CT molecular complexity index is 435. The highest BCUT2D eigenvalue weighted by molar-refractivity contribution is 8.22. The maximum Gasteiger partial charge on any atom is 0.409 e. The number of nitrogens with zero attached hydrogens (tertiary/aromatic N) is 3. The molecular formula is C16H27N3O2S2. The van der Waals surface area contributed by atoms with E-state index < -0.39 is 0 Å². The van der Waals surface area contributed by atoms with Crippen molar-refractivity contribution >= 4 is 34.4 Å². The van der Waals surface area contributed by atoms with Gasteiger partial charge in [-0.25, -0.2) is 4.79 Å². The van der Waals surface area contributed by atoms with Gasteiger partial charge in [0, 0.05) is 25.2 Å². The Morgan fingerprint density at radius 3 is 2.57 bits per heavy atom. The van der Waals surface area contributed by atoms with Crippen LogP contribution in [0.3, 0.4) is 0 Å². The quantitative estimate of drug-likeness (QED) is 0.723. The molecule has 3 aliphatic rings. The highest BCUT2D eigenvalue weighted by atomic mass is 32.2. The van der Waals surface area contributed by atoms with Gasteiger partial charge in [0.25, 0.3) is 0 Å². The SMILES string of the molecule is CCOC(=O)N1CCC(N2CN(C3CCCC3)CSC2=S)CC1. The van der Waals surface area contributed by atoms with Gasteiger partial charge < -0.3 is 14.5 Å². The molecule has 0 unspecified atom stereocenters. The summed E-state index contributed by atoms with van der Waals surface area (Å²) in [5.41, 5.74) is 0. The first-order valence-corrected chi connectivity index (χ1v) is 10.2. The average Bonchev–Trinajstić information content (AvgIpc) is 3.10. The van der Waals surface area contributed by atoms with Gasteiger partial charge in [0.15, 0.2) is 0 Å². The summed E-state index contributed by atoms with van der Waals surface area (Å²) in [7, 11) is 0.